The van der Waals surface area contributed by atoms with Crippen LogP contribution in [0.1, 0.15) is 28.6 Å². The van der Waals surface area contributed by atoms with E-state index in [4.69, 9.17) is 0 Å². The standard InChI is InChI=1S/C18H22N4O2S/c1-11-4-5-12(2)15(8-11)20-17(24)10-22-7-6-14-16(9-22)25-18(21-14)19-13(3)23/h4-5,8H,6-7,9-10H2,1-3H3,(H,20,24)(H,19,21,23). The van der Waals surface area contributed by atoms with E-state index >= 15 is 0 Å². The molecule has 1 aliphatic heterocycles. The topological polar surface area (TPSA) is 74.3 Å². The first-order chi connectivity index (χ1) is 11.9. The Morgan fingerprint density at radius 1 is 1.28 bits per heavy atom. The van der Waals surface area contributed by atoms with Gasteiger partial charge in [0.15, 0.2) is 5.13 Å². The molecule has 0 saturated carbocycles. The van der Waals surface area contributed by atoms with E-state index in [9.17, 15) is 9.59 Å². The van der Waals surface area contributed by atoms with Gasteiger partial charge in [-0.25, -0.2) is 4.98 Å². The number of aryl methyl sites for hydroxylation is 2. The predicted molar refractivity (Wildman–Crippen MR) is 99.9 cm³/mol. The number of anilines is 2. The first-order valence-corrected chi connectivity index (χ1v) is 9.08. The minimum Gasteiger partial charge on any atom is -0.325 e. The number of nitrogens with one attached hydrogen (secondary N) is 2. The monoisotopic (exact) mass is 358 g/mol. The second-order valence-corrected chi connectivity index (χ2v) is 7.48. The number of hydrogen-bond acceptors (Lipinski definition) is 5. The highest BCUT2D eigenvalue weighted by Gasteiger charge is 2.22. The Morgan fingerprint density at radius 3 is 2.84 bits per heavy atom. The van der Waals surface area contributed by atoms with Crippen LogP contribution in [-0.2, 0) is 22.6 Å². The molecule has 1 aliphatic rings. The summed E-state index contributed by atoms with van der Waals surface area (Å²) in [6.07, 6.45) is 0.794. The fourth-order valence-electron chi connectivity index (χ4n) is 2.85. The van der Waals surface area contributed by atoms with Crippen molar-refractivity contribution >= 4 is 34.0 Å². The molecule has 0 bridgehead atoms. The van der Waals surface area contributed by atoms with Gasteiger partial charge in [-0.2, -0.15) is 0 Å². The summed E-state index contributed by atoms with van der Waals surface area (Å²) in [4.78, 5) is 31.2. The predicted octanol–water partition coefficient (Wildman–Crippen LogP) is 2.72. The van der Waals surface area contributed by atoms with E-state index in [1.807, 2.05) is 32.0 Å². The molecule has 0 aliphatic carbocycles. The molecule has 7 heteroatoms. The number of nitrogens with zero attached hydrogens (tertiary/aromatic N) is 2. The van der Waals surface area contributed by atoms with E-state index in [0.29, 0.717) is 18.2 Å². The third-order valence-electron chi connectivity index (χ3n) is 4.13. The highest BCUT2D eigenvalue weighted by molar-refractivity contribution is 7.15. The summed E-state index contributed by atoms with van der Waals surface area (Å²) in [5, 5.41) is 6.37. The number of carbonyl (C=O) groups excluding carboxylic acids is 2. The van der Waals surface area contributed by atoms with Gasteiger partial charge in [0, 0.05) is 37.0 Å². The molecule has 2 heterocycles. The van der Waals surface area contributed by atoms with Gasteiger partial charge in [-0.3, -0.25) is 14.5 Å². The summed E-state index contributed by atoms with van der Waals surface area (Å²) in [7, 11) is 0. The highest BCUT2D eigenvalue weighted by atomic mass is 32.1. The zero-order valence-electron chi connectivity index (χ0n) is 14.7. The van der Waals surface area contributed by atoms with Crippen molar-refractivity contribution in [2.24, 2.45) is 0 Å². The molecule has 3 rings (SSSR count). The van der Waals surface area contributed by atoms with Crippen molar-refractivity contribution < 1.29 is 9.59 Å². The number of hydrogen-bond donors (Lipinski definition) is 2. The summed E-state index contributed by atoms with van der Waals surface area (Å²) in [6, 6.07) is 6.04. The molecule has 2 N–H and O–H groups in total. The number of aromatic nitrogens is 1. The molecule has 0 spiro atoms. The van der Waals surface area contributed by atoms with Crippen LogP contribution in [0.25, 0.3) is 0 Å². The van der Waals surface area contributed by atoms with Gasteiger partial charge in [0.25, 0.3) is 0 Å². The maximum atomic E-state index is 12.4. The Bertz CT molecular complexity index is 815. The molecule has 0 fully saturated rings. The SMILES string of the molecule is CC(=O)Nc1nc2c(s1)CN(CC(=O)Nc1cc(C)ccc1C)CC2. The highest BCUT2D eigenvalue weighted by Crippen LogP contribution is 2.28. The van der Waals surface area contributed by atoms with Crippen molar-refractivity contribution in [2.75, 3.05) is 23.7 Å². The fourth-order valence-corrected chi connectivity index (χ4v) is 3.95. The smallest absolute Gasteiger partial charge is 0.238 e. The number of fused-ring (bicyclic) bond motifs is 1. The van der Waals surface area contributed by atoms with Crippen LogP contribution in [-0.4, -0.2) is 34.8 Å². The van der Waals surface area contributed by atoms with Crippen LogP contribution in [0.15, 0.2) is 18.2 Å². The van der Waals surface area contributed by atoms with Crippen molar-refractivity contribution in [2.45, 2.75) is 33.7 Å². The minimum absolute atomic E-state index is 0.0104. The van der Waals surface area contributed by atoms with Crippen molar-refractivity contribution in [3.05, 3.63) is 39.9 Å². The van der Waals surface area contributed by atoms with E-state index in [-0.39, 0.29) is 11.8 Å². The van der Waals surface area contributed by atoms with E-state index in [2.05, 4.69) is 20.5 Å². The molecule has 2 amide bonds. The second-order valence-electron chi connectivity index (χ2n) is 6.40. The van der Waals surface area contributed by atoms with Crippen LogP contribution in [0.3, 0.4) is 0 Å². The van der Waals surface area contributed by atoms with Gasteiger partial charge in [-0.05, 0) is 31.0 Å². The van der Waals surface area contributed by atoms with Gasteiger partial charge in [-0.15, -0.1) is 11.3 Å². The molecule has 25 heavy (non-hydrogen) atoms. The third-order valence-corrected chi connectivity index (χ3v) is 5.13. The average Bonchev–Trinajstić information content (AvgIpc) is 2.91. The first kappa shape index (κ1) is 17.6. The number of amides is 2. The summed E-state index contributed by atoms with van der Waals surface area (Å²) in [5.41, 5.74) is 4.08. The molecule has 6 nitrogen and oxygen atoms in total. The molecule has 0 unspecified atom stereocenters. The Hall–Kier alpha value is -2.25. The maximum Gasteiger partial charge on any atom is 0.238 e. The van der Waals surface area contributed by atoms with Crippen LogP contribution in [0, 0.1) is 13.8 Å². The van der Waals surface area contributed by atoms with Crippen LogP contribution in [0.2, 0.25) is 0 Å². The van der Waals surface area contributed by atoms with E-state index in [1.54, 1.807) is 0 Å². The number of thiazole rings is 1. The van der Waals surface area contributed by atoms with Crippen molar-refractivity contribution in [3.8, 4) is 0 Å². The molecule has 132 valence electrons. The van der Waals surface area contributed by atoms with E-state index < -0.39 is 0 Å². The van der Waals surface area contributed by atoms with Crippen LogP contribution in [0.4, 0.5) is 10.8 Å². The molecule has 2 aromatic rings. The zero-order chi connectivity index (χ0) is 18.0. The molecule has 0 atom stereocenters. The summed E-state index contributed by atoms with van der Waals surface area (Å²) in [6.45, 7) is 7.30. The Morgan fingerprint density at radius 2 is 2.08 bits per heavy atom. The Balaban J connectivity index is 1.60. The number of rotatable bonds is 4. The number of carbonyl (C=O) groups is 2. The maximum absolute atomic E-state index is 12.4. The van der Waals surface area contributed by atoms with Crippen LogP contribution >= 0.6 is 11.3 Å². The van der Waals surface area contributed by atoms with Gasteiger partial charge < -0.3 is 10.6 Å². The lowest BCUT2D eigenvalue weighted by molar-refractivity contribution is -0.117. The summed E-state index contributed by atoms with van der Waals surface area (Å²) >= 11 is 1.49. The first-order valence-electron chi connectivity index (χ1n) is 8.26. The Kier molecular flexibility index (Phi) is 5.15. The molecular weight excluding hydrogens is 336 g/mol. The summed E-state index contributed by atoms with van der Waals surface area (Å²) < 4.78 is 0. The van der Waals surface area contributed by atoms with Gasteiger partial charge in [-0.1, -0.05) is 12.1 Å². The third kappa shape index (κ3) is 4.43. The zero-order valence-corrected chi connectivity index (χ0v) is 15.5. The lowest BCUT2D eigenvalue weighted by Gasteiger charge is -2.25. The number of benzene rings is 1. The average molecular weight is 358 g/mol. The lowest BCUT2D eigenvalue weighted by atomic mass is 10.1. The Labute approximate surface area is 151 Å². The van der Waals surface area contributed by atoms with Gasteiger partial charge in [0.2, 0.25) is 11.8 Å². The minimum atomic E-state index is -0.115. The molecule has 1 aromatic heterocycles. The van der Waals surface area contributed by atoms with E-state index in [1.165, 1.54) is 18.3 Å². The molecule has 0 radical (unpaired) electrons. The van der Waals surface area contributed by atoms with Crippen molar-refractivity contribution in [3.63, 3.8) is 0 Å². The fraction of sp³-hybridized carbons (Fsp3) is 0.389. The van der Waals surface area contributed by atoms with Crippen molar-refractivity contribution in [1.82, 2.24) is 9.88 Å². The largest absolute Gasteiger partial charge is 0.325 e. The normalized spacial score (nSPS) is 14.0. The van der Waals surface area contributed by atoms with Crippen LogP contribution < -0.4 is 10.6 Å². The van der Waals surface area contributed by atoms with Crippen molar-refractivity contribution in [1.29, 1.82) is 0 Å². The molecule has 0 saturated heterocycles. The van der Waals surface area contributed by atoms with Gasteiger partial charge >= 0.3 is 0 Å². The quantitative estimate of drug-likeness (QED) is 0.881. The van der Waals surface area contributed by atoms with Gasteiger partial charge in [0.05, 0.1) is 12.2 Å². The van der Waals surface area contributed by atoms with Crippen LogP contribution in [0.5, 0.6) is 0 Å². The van der Waals surface area contributed by atoms with E-state index in [0.717, 1.165) is 40.4 Å². The summed E-state index contributed by atoms with van der Waals surface area (Å²) in [5.74, 6) is -0.125. The molecule has 1 aromatic carbocycles. The lowest BCUT2D eigenvalue weighted by Crippen LogP contribution is -2.36. The second kappa shape index (κ2) is 7.33. The molecular formula is C18H22N4O2S. The van der Waals surface area contributed by atoms with Gasteiger partial charge in [0.1, 0.15) is 0 Å².